The number of nitrogens with zero attached hydrogens (tertiary/aromatic N) is 1. The van der Waals surface area contributed by atoms with Gasteiger partial charge in [-0.25, -0.2) is 17.6 Å². The quantitative estimate of drug-likeness (QED) is 0.691. The molecule has 2 aromatic carbocycles. The van der Waals surface area contributed by atoms with Crippen molar-refractivity contribution in [3.05, 3.63) is 65.5 Å². The molecule has 0 unspecified atom stereocenters. The smallest absolute Gasteiger partial charge is 0.338 e. The average Bonchev–Trinajstić information content (AvgIpc) is 3.07. The third kappa shape index (κ3) is 5.54. The van der Waals surface area contributed by atoms with Crippen molar-refractivity contribution in [1.82, 2.24) is 5.32 Å². The molecule has 1 saturated heterocycles. The van der Waals surface area contributed by atoms with Gasteiger partial charge in [-0.15, -0.1) is 0 Å². The number of hydrogen-bond donors (Lipinski definition) is 1. The van der Waals surface area contributed by atoms with Gasteiger partial charge >= 0.3 is 5.97 Å². The fourth-order valence-electron chi connectivity index (χ4n) is 2.98. The first-order valence-corrected chi connectivity index (χ1v) is 10.7. The molecule has 1 aliphatic heterocycles. The van der Waals surface area contributed by atoms with Gasteiger partial charge in [0.2, 0.25) is 10.0 Å². The first kappa shape index (κ1) is 20.8. The Morgan fingerprint density at radius 1 is 1.14 bits per heavy atom. The van der Waals surface area contributed by atoms with Crippen LogP contribution in [0.2, 0.25) is 0 Å². The van der Waals surface area contributed by atoms with Crippen LogP contribution in [-0.4, -0.2) is 45.7 Å². The summed E-state index contributed by atoms with van der Waals surface area (Å²) >= 11 is 0. The van der Waals surface area contributed by atoms with E-state index in [-0.39, 0.29) is 17.1 Å². The number of halogens is 1. The minimum atomic E-state index is -3.35. The highest BCUT2D eigenvalue weighted by atomic mass is 32.2. The molecule has 29 heavy (non-hydrogen) atoms. The summed E-state index contributed by atoms with van der Waals surface area (Å²) in [6.45, 7) is 0.246. The van der Waals surface area contributed by atoms with Crippen LogP contribution in [0.25, 0.3) is 0 Å². The van der Waals surface area contributed by atoms with Crippen LogP contribution >= 0.6 is 0 Å². The number of hydrogen-bond acceptors (Lipinski definition) is 5. The number of sulfonamides is 1. The molecule has 0 radical (unpaired) electrons. The topological polar surface area (TPSA) is 92.8 Å². The van der Waals surface area contributed by atoms with E-state index < -0.39 is 28.5 Å². The van der Waals surface area contributed by atoms with E-state index in [1.165, 1.54) is 28.6 Å². The van der Waals surface area contributed by atoms with Gasteiger partial charge in [-0.05, 0) is 48.7 Å². The van der Waals surface area contributed by atoms with Crippen molar-refractivity contribution in [3.63, 3.8) is 0 Å². The van der Waals surface area contributed by atoms with E-state index in [9.17, 15) is 22.4 Å². The van der Waals surface area contributed by atoms with Gasteiger partial charge in [0, 0.05) is 13.1 Å². The molecule has 3 rings (SSSR count). The van der Waals surface area contributed by atoms with Crippen molar-refractivity contribution in [2.45, 2.75) is 12.8 Å². The SMILES string of the molecule is O=C(COC(=O)c1cccc(N2CCCS2(=O)=O)c1)NCCc1ccc(F)cc1. The molecule has 154 valence electrons. The van der Waals surface area contributed by atoms with Crippen molar-refractivity contribution < 1.29 is 27.1 Å². The number of anilines is 1. The van der Waals surface area contributed by atoms with Crippen LogP contribution in [0.15, 0.2) is 48.5 Å². The molecular formula is C20H21FN2O5S. The minimum Gasteiger partial charge on any atom is -0.452 e. The number of rotatable bonds is 7. The van der Waals surface area contributed by atoms with E-state index in [0.29, 0.717) is 31.6 Å². The predicted molar refractivity (Wildman–Crippen MR) is 106 cm³/mol. The Balaban J connectivity index is 1.48. The van der Waals surface area contributed by atoms with E-state index >= 15 is 0 Å². The number of esters is 1. The zero-order chi connectivity index (χ0) is 20.9. The molecule has 1 N–H and O–H groups in total. The van der Waals surface area contributed by atoms with Crippen LogP contribution in [0, 0.1) is 5.82 Å². The lowest BCUT2D eigenvalue weighted by Crippen LogP contribution is -2.30. The van der Waals surface area contributed by atoms with Crippen molar-refractivity contribution in [1.29, 1.82) is 0 Å². The van der Waals surface area contributed by atoms with Gasteiger partial charge in [-0.1, -0.05) is 18.2 Å². The number of amides is 1. The van der Waals surface area contributed by atoms with Gasteiger partial charge in [-0.3, -0.25) is 9.10 Å². The van der Waals surface area contributed by atoms with Crippen LogP contribution in [0.3, 0.4) is 0 Å². The van der Waals surface area contributed by atoms with Gasteiger partial charge in [0.15, 0.2) is 6.61 Å². The van der Waals surface area contributed by atoms with Crippen LogP contribution in [0.4, 0.5) is 10.1 Å². The maximum atomic E-state index is 12.9. The maximum Gasteiger partial charge on any atom is 0.338 e. The first-order chi connectivity index (χ1) is 13.8. The van der Waals surface area contributed by atoms with Crippen molar-refractivity contribution in [2.24, 2.45) is 0 Å². The fraction of sp³-hybridized carbons (Fsp3) is 0.300. The number of carbonyl (C=O) groups is 2. The van der Waals surface area contributed by atoms with Gasteiger partial charge in [0.25, 0.3) is 5.91 Å². The largest absolute Gasteiger partial charge is 0.452 e. The lowest BCUT2D eigenvalue weighted by atomic mass is 10.1. The molecule has 0 spiro atoms. The summed E-state index contributed by atoms with van der Waals surface area (Å²) in [5.41, 5.74) is 1.45. The van der Waals surface area contributed by atoms with E-state index in [2.05, 4.69) is 5.32 Å². The van der Waals surface area contributed by atoms with Gasteiger partial charge in [-0.2, -0.15) is 0 Å². The van der Waals surface area contributed by atoms with E-state index in [0.717, 1.165) is 5.56 Å². The summed E-state index contributed by atoms with van der Waals surface area (Å²) in [5.74, 6) is -1.41. The van der Waals surface area contributed by atoms with Crippen molar-refractivity contribution in [3.8, 4) is 0 Å². The predicted octanol–water partition coefficient (Wildman–Crippen LogP) is 1.88. The highest BCUT2D eigenvalue weighted by Crippen LogP contribution is 2.24. The third-order valence-electron chi connectivity index (χ3n) is 4.45. The standard InChI is InChI=1S/C20H21FN2O5S/c21-17-7-5-15(6-8-17)9-10-22-19(24)14-28-20(25)16-3-1-4-18(13-16)23-11-2-12-29(23,26)27/h1,3-8,13H,2,9-12,14H2,(H,22,24). The molecule has 0 saturated carbocycles. The third-order valence-corrected chi connectivity index (χ3v) is 6.32. The second kappa shape index (κ2) is 9.04. The summed E-state index contributed by atoms with van der Waals surface area (Å²) < 4.78 is 43.2. The Kier molecular flexibility index (Phi) is 6.48. The summed E-state index contributed by atoms with van der Waals surface area (Å²) in [5, 5.41) is 2.62. The molecule has 1 fully saturated rings. The Morgan fingerprint density at radius 3 is 2.59 bits per heavy atom. The zero-order valence-corrected chi connectivity index (χ0v) is 16.5. The summed E-state index contributed by atoms with van der Waals surface area (Å²) in [7, 11) is -3.35. The number of carbonyl (C=O) groups excluding carboxylic acids is 2. The van der Waals surface area contributed by atoms with Crippen LogP contribution in [0.5, 0.6) is 0 Å². The highest BCUT2D eigenvalue weighted by molar-refractivity contribution is 7.93. The normalized spacial score (nSPS) is 15.1. The molecule has 0 bridgehead atoms. The summed E-state index contributed by atoms with van der Waals surface area (Å²) in [6, 6.07) is 12.1. The van der Waals surface area contributed by atoms with Crippen LogP contribution in [-0.2, 0) is 26.0 Å². The molecule has 1 aliphatic rings. The average molecular weight is 420 g/mol. The first-order valence-electron chi connectivity index (χ1n) is 9.14. The second-order valence-corrected chi connectivity index (χ2v) is 8.61. The van der Waals surface area contributed by atoms with Crippen LogP contribution in [0.1, 0.15) is 22.3 Å². The molecule has 9 heteroatoms. The molecule has 0 aromatic heterocycles. The van der Waals surface area contributed by atoms with Crippen LogP contribution < -0.4 is 9.62 Å². The molecule has 0 atom stereocenters. The monoisotopic (exact) mass is 420 g/mol. The maximum absolute atomic E-state index is 12.9. The highest BCUT2D eigenvalue weighted by Gasteiger charge is 2.28. The number of ether oxygens (including phenoxy) is 1. The Labute approximate surface area is 168 Å². The van der Waals surface area contributed by atoms with Crippen molar-refractivity contribution in [2.75, 3.05) is 29.8 Å². The molecule has 7 nitrogen and oxygen atoms in total. The number of benzene rings is 2. The molecule has 0 aliphatic carbocycles. The molecule has 1 amide bonds. The van der Waals surface area contributed by atoms with Gasteiger partial charge in [0.1, 0.15) is 5.82 Å². The lowest BCUT2D eigenvalue weighted by molar-refractivity contribution is -0.124. The Morgan fingerprint density at radius 2 is 1.90 bits per heavy atom. The Bertz CT molecular complexity index is 992. The van der Waals surface area contributed by atoms with Gasteiger partial charge < -0.3 is 10.1 Å². The van der Waals surface area contributed by atoms with E-state index in [1.807, 2.05) is 0 Å². The minimum absolute atomic E-state index is 0.0831. The lowest BCUT2D eigenvalue weighted by Gasteiger charge is -2.17. The molecule has 1 heterocycles. The summed E-state index contributed by atoms with van der Waals surface area (Å²) in [4.78, 5) is 24.0. The van der Waals surface area contributed by atoms with Crippen molar-refractivity contribution >= 4 is 27.6 Å². The van der Waals surface area contributed by atoms with Gasteiger partial charge in [0.05, 0.1) is 17.0 Å². The van der Waals surface area contributed by atoms with E-state index in [1.54, 1.807) is 24.3 Å². The second-order valence-electron chi connectivity index (χ2n) is 6.59. The summed E-state index contributed by atoms with van der Waals surface area (Å²) in [6.07, 6.45) is 1.06. The number of nitrogens with one attached hydrogen (secondary N) is 1. The Hall–Kier alpha value is -2.94. The zero-order valence-electron chi connectivity index (χ0n) is 15.6. The molecular weight excluding hydrogens is 399 g/mol. The molecule has 2 aromatic rings. The van der Waals surface area contributed by atoms with E-state index in [4.69, 9.17) is 4.74 Å². The fourth-order valence-corrected chi connectivity index (χ4v) is 4.54.